The van der Waals surface area contributed by atoms with Crippen LogP contribution in [-0.2, 0) is 6.61 Å². The van der Waals surface area contributed by atoms with E-state index in [4.69, 9.17) is 26.3 Å². The predicted molar refractivity (Wildman–Crippen MR) is 83.7 cm³/mol. The van der Waals surface area contributed by atoms with Crippen molar-refractivity contribution in [3.05, 3.63) is 57.0 Å². The Hall–Kier alpha value is -1.72. The van der Waals surface area contributed by atoms with Crippen LogP contribution in [0, 0.1) is 0 Å². The van der Waals surface area contributed by atoms with Crippen LogP contribution in [0.15, 0.2) is 46.0 Å². The number of fused-ring (bicyclic) bond motifs is 1. The quantitative estimate of drug-likeness (QED) is 0.651. The normalized spacial score (nSPS) is 14.9. The summed E-state index contributed by atoms with van der Waals surface area (Å²) in [5, 5.41) is 12.7. The molecule has 0 saturated carbocycles. The molecule has 0 aliphatic carbocycles. The molecule has 0 spiro atoms. The van der Waals surface area contributed by atoms with Gasteiger partial charge in [-0.1, -0.05) is 38.8 Å². The summed E-state index contributed by atoms with van der Waals surface area (Å²) in [6, 6.07) is 11.1. The van der Waals surface area contributed by atoms with Crippen molar-refractivity contribution in [3.8, 4) is 11.5 Å². The molecule has 0 fully saturated rings. The minimum absolute atomic E-state index is 0.272. The third-order valence-corrected chi connectivity index (χ3v) is 4.00. The van der Waals surface area contributed by atoms with Gasteiger partial charge in [0.2, 0.25) is 0 Å². The summed E-state index contributed by atoms with van der Waals surface area (Å²) < 4.78 is 12.1. The Morgan fingerprint density at radius 2 is 2.14 bits per heavy atom. The minimum atomic E-state index is 0.272. The van der Waals surface area contributed by atoms with Crippen LogP contribution in [0.1, 0.15) is 11.1 Å². The van der Waals surface area contributed by atoms with Gasteiger partial charge in [0, 0.05) is 26.7 Å². The Bertz CT molecular complexity index is 718. The highest BCUT2D eigenvalue weighted by atomic mass is 79.9. The Morgan fingerprint density at radius 3 is 2.90 bits per heavy atom. The highest BCUT2D eigenvalue weighted by Crippen LogP contribution is 2.31. The highest BCUT2D eigenvalue weighted by molar-refractivity contribution is 9.10. The lowest BCUT2D eigenvalue weighted by Crippen LogP contribution is -2.01. The van der Waals surface area contributed by atoms with Crippen molar-refractivity contribution in [3.63, 3.8) is 0 Å². The van der Waals surface area contributed by atoms with E-state index < -0.39 is 0 Å². The zero-order valence-electron chi connectivity index (χ0n) is 10.8. The maximum atomic E-state index is 8.85. The van der Waals surface area contributed by atoms with Gasteiger partial charge in [-0.25, -0.2) is 0 Å². The van der Waals surface area contributed by atoms with Gasteiger partial charge in [-0.05, 0) is 24.3 Å². The number of hydrogen-bond acceptors (Lipinski definition) is 4. The molecule has 0 amide bonds. The molecule has 0 atom stereocenters. The molecular weight excluding hydrogens is 358 g/mol. The molecule has 0 saturated heterocycles. The van der Waals surface area contributed by atoms with Gasteiger partial charge in [0.15, 0.2) is 0 Å². The summed E-state index contributed by atoms with van der Waals surface area (Å²) >= 11 is 9.51. The molecule has 0 bridgehead atoms. The van der Waals surface area contributed by atoms with E-state index >= 15 is 0 Å². The molecule has 4 nitrogen and oxygen atoms in total. The topological polar surface area (TPSA) is 51.1 Å². The molecular formula is C15H11BrClNO3. The molecule has 21 heavy (non-hydrogen) atoms. The summed E-state index contributed by atoms with van der Waals surface area (Å²) in [5.74, 6) is 1.33. The van der Waals surface area contributed by atoms with E-state index in [-0.39, 0.29) is 6.61 Å². The van der Waals surface area contributed by atoms with Crippen molar-refractivity contribution < 1.29 is 14.7 Å². The molecule has 0 radical (unpaired) electrons. The van der Waals surface area contributed by atoms with Crippen LogP contribution in [0.3, 0.4) is 0 Å². The smallest absolute Gasteiger partial charge is 0.134 e. The summed E-state index contributed by atoms with van der Waals surface area (Å²) in [4.78, 5) is 0. The summed E-state index contributed by atoms with van der Waals surface area (Å²) in [5.41, 5.74) is 2.21. The second-order valence-corrected chi connectivity index (χ2v) is 5.84. The number of oxime groups is 1. The Kier molecular flexibility index (Phi) is 4.03. The first-order chi connectivity index (χ1) is 10.2. The molecule has 0 aromatic heterocycles. The molecule has 6 heteroatoms. The maximum absolute atomic E-state index is 8.85. The van der Waals surface area contributed by atoms with Crippen molar-refractivity contribution in [1.82, 2.24) is 0 Å². The van der Waals surface area contributed by atoms with E-state index in [0.29, 0.717) is 28.8 Å². The number of halogens is 2. The number of hydrogen-bond donors (Lipinski definition) is 1. The molecule has 1 N–H and O–H groups in total. The second-order valence-electron chi connectivity index (χ2n) is 4.52. The van der Waals surface area contributed by atoms with Gasteiger partial charge in [-0.2, -0.15) is 0 Å². The van der Waals surface area contributed by atoms with E-state index in [2.05, 4.69) is 21.1 Å². The monoisotopic (exact) mass is 367 g/mol. The third-order valence-electron chi connectivity index (χ3n) is 3.16. The molecule has 1 aliphatic rings. The van der Waals surface area contributed by atoms with Crippen LogP contribution >= 0.6 is 27.5 Å². The van der Waals surface area contributed by atoms with E-state index in [1.165, 1.54) is 0 Å². The molecule has 1 heterocycles. The average Bonchev–Trinajstić information content (AvgIpc) is 2.88. The van der Waals surface area contributed by atoms with Gasteiger partial charge in [0.25, 0.3) is 0 Å². The third kappa shape index (κ3) is 2.99. The van der Waals surface area contributed by atoms with Crippen LogP contribution in [0.25, 0.3) is 0 Å². The lowest BCUT2D eigenvalue weighted by Gasteiger charge is -2.09. The van der Waals surface area contributed by atoms with Crippen LogP contribution in [-0.4, -0.2) is 17.5 Å². The first-order valence-corrected chi connectivity index (χ1v) is 7.39. The van der Waals surface area contributed by atoms with Gasteiger partial charge >= 0.3 is 0 Å². The lowest BCUT2D eigenvalue weighted by molar-refractivity contribution is 0.303. The van der Waals surface area contributed by atoms with Crippen molar-refractivity contribution in [2.75, 3.05) is 6.61 Å². The Morgan fingerprint density at radius 1 is 1.29 bits per heavy atom. The second kappa shape index (κ2) is 5.95. The van der Waals surface area contributed by atoms with Crippen LogP contribution in [0.2, 0.25) is 5.02 Å². The fourth-order valence-electron chi connectivity index (χ4n) is 2.06. The summed E-state index contributed by atoms with van der Waals surface area (Å²) in [7, 11) is 0. The summed E-state index contributed by atoms with van der Waals surface area (Å²) in [6.45, 7) is 0.639. The molecule has 108 valence electrons. The SMILES string of the molecule is O/N=C1/COc2cc(OCc3ccc(Br)cc3Cl)ccc21. The number of ether oxygens (including phenoxy) is 2. The van der Waals surface area contributed by atoms with Gasteiger partial charge in [0.05, 0.1) is 0 Å². The van der Waals surface area contributed by atoms with Gasteiger partial charge in [-0.15, -0.1) is 0 Å². The van der Waals surface area contributed by atoms with Gasteiger partial charge in [0.1, 0.15) is 30.4 Å². The maximum Gasteiger partial charge on any atom is 0.134 e. The van der Waals surface area contributed by atoms with Gasteiger partial charge < -0.3 is 14.7 Å². The van der Waals surface area contributed by atoms with Crippen molar-refractivity contribution in [2.45, 2.75) is 6.61 Å². The average molecular weight is 369 g/mol. The van der Waals surface area contributed by atoms with E-state index in [9.17, 15) is 0 Å². The van der Waals surface area contributed by atoms with Crippen LogP contribution in [0.5, 0.6) is 11.5 Å². The zero-order chi connectivity index (χ0) is 14.8. The zero-order valence-corrected chi connectivity index (χ0v) is 13.2. The predicted octanol–water partition coefficient (Wildman–Crippen LogP) is 4.25. The Balaban J connectivity index is 1.75. The minimum Gasteiger partial charge on any atom is -0.489 e. The molecule has 3 rings (SSSR count). The largest absolute Gasteiger partial charge is 0.489 e. The van der Waals surface area contributed by atoms with Crippen LogP contribution < -0.4 is 9.47 Å². The highest BCUT2D eigenvalue weighted by Gasteiger charge is 2.20. The van der Waals surface area contributed by atoms with E-state index in [0.717, 1.165) is 15.6 Å². The number of nitrogens with zero attached hydrogens (tertiary/aromatic N) is 1. The first kappa shape index (κ1) is 14.2. The van der Waals surface area contributed by atoms with Crippen molar-refractivity contribution >= 4 is 33.2 Å². The fourth-order valence-corrected chi connectivity index (χ4v) is 2.78. The van der Waals surface area contributed by atoms with Crippen LogP contribution in [0.4, 0.5) is 0 Å². The van der Waals surface area contributed by atoms with Crippen molar-refractivity contribution in [1.29, 1.82) is 0 Å². The first-order valence-electron chi connectivity index (χ1n) is 6.22. The molecule has 2 aromatic carbocycles. The molecule has 0 unspecified atom stereocenters. The molecule has 2 aromatic rings. The van der Waals surface area contributed by atoms with E-state index in [1.807, 2.05) is 30.3 Å². The Labute approximate surface area is 135 Å². The molecule has 1 aliphatic heterocycles. The number of rotatable bonds is 3. The van der Waals surface area contributed by atoms with E-state index in [1.54, 1.807) is 6.07 Å². The van der Waals surface area contributed by atoms with Gasteiger partial charge in [-0.3, -0.25) is 0 Å². The standard InChI is InChI=1S/C15H11BrClNO3/c16-10-2-1-9(13(17)5-10)7-20-11-3-4-12-14(18-19)8-21-15(12)6-11/h1-6,19H,7-8H2/b18-14-. The number of benzene rings is 2. The van der Waals surface area contributed by atoms with Crippen molar-refractivity contribution in [2.24, 2.45) is 5.16 Å². The summed E-state index contributed by atoms with van der Waals surface area (Å²) in [6.07, 6.45) is 0. The fraction of sp³-hybridized carbons (Fsp3) is 0.133. The lowest BCUT2D eigenvalue weighted by atomic mass is 10.1.